The lowest BCUT2D eigenvalue weighted by Gasteiger charge is -2.26. The molecule has 132 valence electrons. The molecule has 0 saturated heterocycles. The van der Waals surface area contributed by atoms with Crippen molar-refractivity contribution < 1.29 is 4.74 Å². The first-order chi connectivity index (χ1) is 11.5. The summed E-state index contributed by atoms with van der Waals surface area (Å²) in [6, 6.07) is 10.1. The summed E-state index contributed by atoms with van der Waals surface area (Å²) in [5.74, 6) is 3.18. The first-order valence-electron chi connectivity index (χ1n) is 8.89. The Kier molecular flexibility index (Phi) is 6.85. The number of benzene rings is 1. The predicted octanol–water partition coefficient (Wildman–Crippen LogP) is 4.27. The molecule has 0 aliphatic carbocycles. The second kappa shape index (κ2) is 8.88. The highest BCUT2D eigenvalue weighted by Gasteiger charge is 2.09. The number of pyridine rings is 1. The first kappa shape index (κ1) is 18.5. The molecule has 0 unspecified atom stereocenters. The molecule has 1 N–H and O–H groups in total. The van der Waals surface area contributed by atoms with Crippen LogP contribution in [0.2, 0.25) is 0 Å². The maximum Gasteiger partial charge on any atom is 0.126 e. The molecular formula is C20H31N3O. The van der Waals surface area contributed by atoms with E-state index in [-0.39, 0.29) is 0 Å². The Morgan fingerprint density at radius 1 is 1.04 bits per heavy atom. The zero-order chi connectivity index (χ0) is 17.5. The van der Waals surface area contributed by atoms with Crippen molar-refractivity contribution in [3.63, 3.8) is 0 Å². The van der Waals surface area contributed by atoms with E-state index < -0.39 is 0 Å². The zero-order valence-corrected chi connectivity index (χ0v) is 15.7. The van der Waals surface area contributed by atoms with Crippen LogP contribution in [0.3, 0.4) is 0 Å². The lowest BCUT2D eigenvalue weighted by atomic mass is 10.1. The minimum atomic E-state index is 0.692. The Morgan fingerprint density at radius 2 is 1.75 bits per heavy atom. The molecule has 0 aliphatic rings. The summed E-state index contributed by atoms with van der Waals surface area (Å²) in [5, 5.41) is 4.56. The molecule has 4 nitrogen and oxygen atoms in total. The van der Waals surface area contributed by atoms with Crippen molar-refractivity contribution in [2.45, 2.75) is 27.7 Å². The van der Waals surface area contributed by atoms with Gasteiger partial charge in [0.15, 0.2) is 0 Å². The summed E-state index contributed by atoms with van der Waals surface area (Å²) in [7, 11) is 1.69. The molecule has 0 aliphatic heterocycles. The van der Waals surface area contributed by atoms with Gasteiger partial charge in [0.05, 0.1) is 12.6 Å². The number of rotatable bonds is 9. The van der Waals surface area contributed by atoms with Gasteiger partial charge in [0, 0.05) is 31.6 Å². The molecule has 0 amide bonds. The summed E-state index contributed by atoms with van der Waals surface area (Å²) >= 11 is 0. The average molecular weight is 329 g/mol. The van der Waals surface area contributed by atoms with Gasteiger partial charge in [0.2, 0.25) is 0 Å². The maximum absolute atomic E-state index is 5.26. The SMILES string of the molecule is COc1ccc2nc(NCCN(CC(C)C)CC(C)C)ccc2c1. The fraction of sp³-hybridized carbons (Fsp3) is 0.550. The lowest BCUT2D eigenvalue weighted by molar-refractivity contribution is 0.227. The van der Waals surface area contributed by atoms with Crippen molar-refractivity contribution in [2.24, 2.45) is 11.8 Å². The minimum Gasteiger partial charge on any atom is -0.497 e. The fourth-order valence-electron chi connectivity index (χ4n) is 2.96. The molecule has 0 fully saturated rings. The van der Waals surface area contributed by atoms with E-state index in [1.165, 1.54) is 0 Å². The minimum absolute atomic E-state index is 0.692. The maximum atomic E-state index is 5.26. The summed E-state index contributed by atoms with van der Waals surface area (Å²) in [6.45, 7) is 13.3. The van der Waals surface area contributed by atoms with Crippen molar-refractivity contribution in [1.29, 1.82) is 0 Å². The van der Waals surface area contributed by atoms with Gasteiger partial charge in [0.1, 0.15) is 11.6 Å². The second-order valence-corrected chi connectivity index (χ2v) is 7.23. The largest absolute Gasteiger partial charge is 0.497 e. The summed E-state index contributed by atoms with van der Waals surface area (Å²) in [6.07, 6.45) is 0. The molecule has 0 bridgehead atoms. The van der Waals surface area contributed by atoms with Crippen molar-refractivity contribution in [1.82, 2.24) is 9.88 Å². The Bertz CT molecular complexity index is 630. The fourth-order valence-corrected chi connectivity index (χ4v) is 2.96. The standard InChI is InChI=1S/C20H31N3O/c1-15(2)13-23(14-16(3)4)11-10-21-20-9-6-17-12-18(24-5)7-8-19(17)22-20/h6-9,12,15-16H,10-11,13-14H2,1-5H3,(H,21,22). The summed E-state index contributed by atoms with van der Waals surface area (Å²) in [4.78, 5) is 7.22. The zero-order valence-electron chi connectivity index (χ0n) is 15.7. The van der Waals surface area contributed by atoms with Crippen LogP contribution in [0.25, 0.3) is 10.9 Å². The Labute approximate surface area is 146 Å². The Hall–Kier alpha value is -1.81. The number of ether oxygens (including phenoxy) is 1. The van der Waals surface area contributed by atoms with Crippen LogP contribution in [0.15, 0.2) is 30.3 Å². The number of hydrogen-bond acceptors (Lipinski definition) is 4. The third-order valence-electron chi connectivity index (χ3n) is 3.88. The Balaban J connectivity index is 1.94. The third-order valence-corrected chi connectivity index (χ3v) is 3.88. The van der Waals surface area contributed by atoms with Crippen molar-refractivity contribution in [2.75, 3.05) is 38.6 Å². The van der Waals surface area contributed by atoms with Gasteiger partial charge in [-0.3, -0.25) is 0 Å². The molecule has 4 heteroatoms. The number of nitrogens with one attached hydrogen (secondary N) is 1. The summed E-state index contributed by atoms with van der Waals surface area (Å²) in [5.41, 5.74) is 0.988. The van der Waals surface area contributed by atoms with E-state index in [0.29, 0.717) is 11.8 Å². The van der Waals surface area contributed by atoms with Crippen LogP contribution >= 0.6 is 0 Å². The second-order valence-electron chi connectivity index (χ2n) is 7.23. The highest BCUT2D eigenvalue weighted by atomic mass is 16.5. The first-order valence-corrected chi connectivity index (χ1v) is 8.89. The topological polar surface area (TPSA) is 37.4 Å². The normalized spacial score (nSPS) is 11.7. The van der Waals surface area contributed by atoms with Crippen LogP contribution in [0.1, 0.15) is 27.7 Å². The van der Waals surface area contributed by atoms with Gasteiger partial charge < -0.3 is 15.0 Å². The predicted molar refractivity (Wildman–Crippen MR) is 103 cm³/mol. The lowest BCUT2D eigenvalue weighted by Crippen LogP contribution is -2.35. The van der Waals surface area contributed by atoms with E-state index in [2.05, 4.69) is 49.0 Å². The van der Waals surface area contributed by atoms with E-state index in [9.17, 15) is 0 Å². The monoisotopic (exact) mass is 329 g/mol. The number of nitrogens with zero attached hydrogens (tertiary/aromatic N) is 2. The van der Waals surface area contributed by atoms with Crippen LogP contribution in [0, 0.1) is 11.8 Å². The van der Waals surface area contributed by atoms with E-state index in [1.54, 1.807) is 7.11 Å². The molecule has 0 atom stereocenters. The van der Waals surface area contributed by atoms with E-state index >= 15 is 0 Å². The highest BCUT2D eigenvalue weighted by Crippen LogP contribution is 2.20. The summed E-state index contributed by atoms with van der Waals surface area (Å²) < 4.78 is 5.26. The third kappa shape index (κ3) is 5.68. The smallest absolute Gasteiger partial charge is 0.126 e. The van der Waals surface area contributed by atoms with Crippen LogP contribution in [0.4, 0.5) is 5.82 Å². The van der Waals surface area contributed by atoms with Crippen molar-refractivity contribution in [3.05, 3.63) is 30.3 Å². The van der Waals surface area contributed by atoms with E-state index in [0.717, 1.165) is 48.6 Å². The molecular weight excluding hydrogens is 298 g/mol. The molecule has 2 aromatic rings. The molecule has 2 rings (SSSR count). The van der Waals surface area contributed by atoms with Gasteiger partial charge >= 0.3 is 0 Å². The number of anilines is 1. The van der Waals surface area contributed by atoms with Gasteiger partial charge in [-0.15, -0.1) is 0 Å². The van der Waals surface area contributed by atoms with Crippen LogP contribution < -0.4 is 10.1 Å². The molecule has 0 spiro atoms. The molecule has 0 saturated carbocycles. The molecule has 24 heavy (non-hydrogen) atoms. The van der Waals surface area contributed by atoms with Crippen LogP contribution in [-0.4, -0.2) is 43.2 Å². The average Bonchev–Trinajstić information content (AvgIpc) is 2.53. The Morgan fingerprint density at radius 3 is 2.38 bits per heavy atom. The molecule has 1 aromatic heterocycles. The van der Waals surface area contributed by atoms with Crippen molar-refractivity contribution >= 4 is 16.7 Å². The number of hydrogen-bond donors (Lipinski definition) is 1. The molecule has 1 heterocycles. The van der Waals surface area contributed by atoms with Gasteiger partial charge in [-0.25, -0.2) is 4.98 Å². The van der Waals surface area contributed by atoms with Crippen LogP contribution in [-0.2, 0) is 0 Å². The van der Waals surface area contributed by atoms with Crippen molar-refractivity contribution in [3.8, 4) is 5.75 Å². The number of fused-ring (bicyclic) bond motifs is 1. The van der Waals surface area contributed by atoms with E-state index in [1.807, 2.05) is 24.3 Å². The molecule has 1 aromatic carbocycles. The highest BCUT2D eigenvalue weighted by molar-refractivity contribution is 5.81. The quantitative estimate of drug-likeness (QED) is 0.745. The van der Waals surface area contributed by atoms with Gasteiger partial charge in [-0.05, 0) is 42.2 Å². The van der Waals surface area contributed by atoms with Gasteiger partial charge in [0.25, 0.3) is 0 Å². The number of methoxy groups -OCH3 is 1. The van der Waals surface area contributed by atoms with Gasteiger partial charge in [-0.2, -0.15) is 0 Å². The van der Waals surface area contributed by atoms with Gasteiger partial charge in [-0.1, -0.05) is 27.7 Å². The van der Waals surface area contributed by atoms with E-state index in [4.69, 9.17) is 4.74 Å². The van der Waals surface area contributed by atoms with Crippen LogP contribution in [0.5, 0.6) is 5.75 Å². The number of aromatic nitrogens is 1. The molecule has 0 radical (unpaired) electrons.